The third-order valence-corrected chi connectivity index (χ3v) is 5.47. The van der Waals surface area contributed by atoms with Crippen molar-refractivity contribution in [3.8, 4) is 0 Å². The number of morpholine rings is 1. The lowest BCUT2D eigenvalue weighted by molar-refractivity contribution is -0.0170. The van der Waals surface area contributed by atoms with E-state index in [1.165, 1.54) is 16.0 Å². The summed E-state index contributed by atoms with van der Waals surface area (Å²) in [6.07, 6.45) is 2.29. The van der Waals surface area contributed by atoms with Gasteiger partial charge in [0.25, 0.3) is 0 Å². The number of fused-ring (bicyclic) bond motifs is 1. The Bertz CT molecular complexity index is 738. The fourth-order valence-electron chi connectivity index (χ4n) is 2.90. The molecule has 0 N–H and O–H groups in total. The molecule has 0 saturated carbocycles. The molecule has 0 amide bonds. The summed E-state index contributed by atoms with van der Waals surface area (Å²) >= 11 is 3.49. The number of anilines is 1. The van der Waals surface area contributed by atoms with Crippen molar-refractivity contribution >= 4 is 38.6 Å². The first-order valence-corrected chi connectivity index (χ1v) is 8.88. The van der Waals surface area contributed by atoms with Gasteiger partial charge in [-0.25, -0.2) is 0 Å². The minimum absolute atomic E-state index is 0.156. The summed E-state index contributed by atoms with van der Waals surface area (Å²) in [6, 6.07) is 6.38. The zero-order valence-corrected chi connectivity index (χ0v) is 13.4. The number of hydrogen-bond donors (Lipinski definition) is 0. The summed E-state index contributed by atoms with van der Waals surface area (Å²) in [5.41, 5.74) is 3.65. The molecule has 1 saturated heterocycles. The van der Waals surface area contributed by atoms with Gasteiger partial charge in [0.15, 0.2) is 0 Å². The van der Waals surface area contributed by atoms with E-state index < -0.39 is 0 Å². The number of aromatic nitrogens is 1. The van der Waals surface area contributed by atoms with Gasteiger partial charge in [-0.1, -0.05) is 0 Å². The molecule has 3 nitrogen and oxygen atoms in total. The lowest BCUT2D eigenvalue weighted by Gasteiger charge is -2.38. The van der Waals surface area contributed by atoms with Crippen LogP contribution < -0.4 is 4.90 Å². The molecule has 0 aromatic carbocycles. The Balaban J connectivity index is 1.69. The minimum atomic E-state index is 0.156. The first kappa shape index (κ1) is 13.2. The van der Waals surface area contributed by atoms with Gasteiger partial charge < -0.3 is 9.64 Å². The highest BCUT2D eigenvalue weighted by Crippen LogP contribution is 2.34. The zero-order chi connectivity index (χ0) is 14.2. The van der Waals surface area contributed by atoms with Crippen LogP contribution in [0.5, 0.6) is 0 Å². The quantitative estimate of drug-likeness (QED) is 0.704. The van der Waals surface area contributed by atoms with Gasteiger partial charge >= 0.3 is 0 Å². The Hall–Kier alpha value is -1.43. The van der Waals surface area contributed by atoms with Crippen LogP contribution in [0.15, 0.2) is 40.5 Å². The largest absolute Gasteiger partial charge is 0.367 e. The second kappa shape index (κ2) is 5.40. The van der Waals surface area contributed by atoms with Crippen molar-refractivity contribution < 1.29 is 4.74 Å². The molecule has 1 aliphatic heterocycles. The maximum Gasteiger partial charge on any atom is 0.101 e. The third-order valence-electron chi connectivity index (χ3n) is 3.84. The fraction of sp³-hybridized carbons (Fsp3) is 0.312. The maximum atomic E-state index is 6.13. The van der Waals surface area contributed by atoms with Crippen LogP contribution in [0.3, 0.4) is 0 Å². The van der Waals surface area contributed by atoms with Crippen LogP contribution in [-0.2, 0) is 4.74 Å². The van der Waals surface area contributed by atoms with Crippen LogP contribution in [0.1, 0.15) is 18.6 Å². The Morgan fingerprint density at radius 3 is 3.05 bits per heavy atom. The molecule has 4 heterocycles. The van der Waals surface area contributed by atoms with Crippen LogP contribution in [-0.4, -0.2) is 24.2 Å². The van der Waals surface area contributed by atoms with Crippen LogP contribution in [0.25, 0.3) is 10.2 Å². The topological polar surface area (TPSA) is 25.4 Å². The molecular formula is C16H16N2OS2. The average molecular weight is 316 g/mol. The number of ether oxygens (including phenoxy) is 1. The smallest absolute Gasteiger partial charge is 0.101 e. The number of nitrogens with zero attached hydrogens (tertiary/aromatic N) is 2. The van der Waals surface area contributed by atoms with Crippen LogP contribution in [0.4, 0.5) is 5.69 Å². The van der Waals surface area contributed by atoms with Crippen molar-refractivity contribution in [1.29, 1.82) is 0 Å². The summed E-state index contributed by atoms with van der Waals surface area (Å²) in [5.74, 6) is 0. The molecule has 108 valence electrons. The fourth-order valence-corrected chi connectivity index (χ4v) is 4.49. The monoisotopic (exact) mass is 316 g/mol. The molecule has 21 heavy (non-hydrogen) atoms. The number of hydrogen-bond acceptors (Lipinski definition) is 5. The lowest BCUT2D eigenvalue weighted by atomic mass is 10.1. The van der Waals surface area contributed by atoms with Crippen molar-refractivity contribution in [3.63, 3.8) is 0 Å². The molecule has 0 bridgehead atoms. The molecule has 4 rings (SSSR count). The highest BCUT2D eigenvalue weighted by molar-refractivity contribution is 7.17. The Morgan fingerprint density at radius 2 is 2.19 bits per heavy atom. The standard InChI is InChI=1S/C16H16N2OS2/c1-11-8-18(9-15(19-11)12-3-6-20-10-12)14-2-5-17-13-4-7-21-16(13)14/h2-7,10-11,15H,8-9H2,1H3. The average Bonchev–Trinajstić information content (AvgIpc) is 3.17. The van der Waals surface area contributed by atoms with Gasteiger partial charge in [0.2, 0.25) is 0 Å². The maximum absolute atomic E-state index is 6.13. The molecular weight excluding hydrogens is 300 g/mol. The summed E-state index contributed by atoms with van der Waals surface area (Å²) in [5, 5.41) is 6.42. The van der Waals surface area contributed by atoms with E-state index in [1.54, 1.807) is 22.7 Å². The highest BCUT2D eigenvalue weighted by atomic mass is 32.1. The minimum Gasteiger partial charge on any atom is -0.367 e. The van der Waals surface area contributed by atoms with E-state index >= 15 is 0 Å². The second-order valence-electron chi connectivity index (χ2n) is 5.36. The molecule has 3 aromatic rings. The SMILES string of the molecule is CC1CN(c2ccnc3ccsc23)CC(c2ccsc2)O1. The number of thiophene rings is 2. The molecule has 0 radical (unpaired) electrons. The van der Waals surface area contributed by atoms with Crippen LogP contribution >= 0.6 is 22.7 Å². The summed E-state index contributed by atoms with van der Waals surface area (Å²) in [6.45, 7) is 3.98. The Kier molecular flexibility index (Phi) is 3.41. The van der Waals surface area contributed by atoms with Gasteiger partial charge in [-0.15, -0.1) is 11.3 Å². The molecule has 5 heteroatoms. The van der Waals surface area contributed by atoms with Crippen molar-refractivity contribution in [2.75, 3.05) is 18.0 Å². The van der Waals surface area contributed by atoms with Gasteiger partial charge in [0.05, 0.1) is 22.0 Å². The summed E-state index contributed by atoms with van der Waals surface area (Å²) in [4.78, 5) is 6.88. The van der Waals surface area contributed by atoms with E-state index in [4.69, 9.17) is 4.74 Å². The van der Waals surface area contributed by atoms with E-state index in [1.807, 2.05) is 6.20 Å². The van der Waals surface area contributed by atoms with Gasteiger partial charge in [-0.3, -0.25) is 4.98 Å². The molecule has 2 atom stereocenters. The normalized spacial score (nSPS) is 22.8. The van der Waals surface area contributed by atoms with Gasteiger partial charge in [-0.2, -0.15) is 11.3 Å². The van der Waals surface area contributed by atoms with Crippen molar-refractivity contribution in [2.24, 2.45) is 0 Å². The Morgan fingerprint density at radius 1 is 1.24 bits per heavy atom. The van der Waals surface area contributed by atoms with Gasteiger partial charge in [0, 0.05) is 19.3 Å². The molecule has 1 aliphatic rings. The van der Waals surface area contributed by atoms with E-state index in [-0.39, 0.29) is 12.2 Å². The zero-order valence-electron chi connectivity index (χ0n) is 11.7. The summed E-state index contributed by atoms with van der Waals surface area (Å²) < 4.78 is 7.40. The van der Waals surface area contributed by atoms with Crippen LogP contribution in [0.2, 0.25) is 0 Å². The molecule has 0 spiro atoms. The lowest BCUT2D eigenvalue weighted by Crippen LogP contribution is -2.42. The van der Waals surface area contributed by atoms with Crippen molar-refractivity contribution in [3.05, 3.63) is 46.1 Å². The van der Waals surface area contributed by atoms with Gasteiger partial charge in [0.1, 0.15) is 6.10 Å². The predicted molar refractivity (Wildman–Crippen MR) is 89.4 cm³/mol. The first-order valence-electron chi connectivity index (χ1n) is 7.06. The molecule has 0 aliphatic carbocycles. The molecule has 3 aromatic heterocycles. The van der Waals surface area contributed by atoms with E-state index in [9.17, 15) is 0 Å². The number of pyridine rings is 1. The van der Waals surface area contributed by atoms with E-state index in [0.29, 0.717) is 0 Å². The predicted octanol–water partition coefficient (Wildman–Crippen LogP) is 4.32. The highest BCUT2D eigenvalue weighted by Gasteiger charge is 2.27. The van der Waals surface area contributed by atoms with E-state index in [2.05, 4.69) is 51.1 Å². The second-order valence-corrected chi connectivity index (χ2v) is 7.06. The Labute approximate surface area is 131 Å². The van der Waals surface area contributed by atoms with Crippen molar-refractivity contribution in [1.82, 2.24) is 4.98 Å². The first-order chi connectivity index (χ1) is 10.3. The molecule has 1 fully saturated rings. The number of rotatable bonds is 2. The van der Waals surface area contributed by atoms with E-state index in [0.717, 1.165) is 18.6 Å². The summed E-state index contributed by atoms with van der Waals surface area (Å²) in [7, 11) is 0. The van der Waals surface area contributed by atoms with Gasteiger partial charge in [-0.05, 0) is 46.8 Å². The van der Waals surface area contributed by atoms with Crippen LogP contribution in [0, 0.1) is 0 Å². The third kappa shape index (κ3) is 2.46. The van der Waals surface area contributed by atoms with Crippen molar-refractivity contribution in [2.45, 2.75) is 19.1 Å². The molecule has 2 unspecified atom stereocenters.